The van der Waals surface area contributed by atoms with E-state index in [4.69, 9.17) is 4.42 Å². The van der Waals surface area contributed by atoms with Gasteiger partial charge in [0.2, 0.25) is 0 Å². The number of anilines is 1. The normalized spacial score (nSPS) is 10.8. The average molecular weight is 316 g/mol. The van der Waals surface area contributed by atoms with Gasteiger partial charge in [0.15, 0.2) is 0 Å². The molecule has 3 aromatic rings. The van der Waals surface area contributed by atoms with Gasteiger partial charge in [-0.2, -0.15) is 0 Å². The van der Waals surface area contributed by atoms with Crippen LogP contribution in [0.25, 0.3) is 11.0 Å². The number of furan rings is 1. The highest BCUT2D eigenvalue weighted by atomic mass is 79.9. The van der Waals surface area contributed by atoms with E-state index in [0.717, 1.165) is 26.9 Å². The molecule has 0 spiro atoms. The molecule has 19 heavy (non-hydrogen) atoms. The third-order valence-electron chi connectivity index (χ3n) is 3.12. The molecule has 2 aromatic carbocycles. The van der Waals surface area contributed by atoms with E-state index in [1.54, 1.807) is 0 Å². The van der Waals surface area contributed by atoms with Crippen molar-refractivity contribution in [3.05, 3.63) is 64.3 Å². The van der Waals surface area contributed by atoms with Gasteiger partial charge in [0, 0.05) is 15.5 Å². The van der Waals surface area contributed by atoms with Gasteiger partial charge >= 0.3 is 0 Å². The molecule has 0 fully saturated rings. The van der Waals surface area contributed by atoms with Gasteiger partial charge in [0.1, 0.15) is 11.3 Å². The molecule has 0 saturated heterocycles. The lowest BCUT2D eigenvalue weighted by Crippen LogP contribution is -1.98. The lowest BCUT2D eigenvalue weighted by molar-refractivity contribution is 0.559. The number of hydrogen-bond acceptors (Lipinski definition) is 2. The van der Waals surface area contributed by atoms with Crippen molar-refractivity contribution in [2.45, 2.75) is 13.5 Å². The zero-order valence-electron chi connectivity index (χ0n) is 10.6. The predicted molar refractivity (Wildman–Crippen MR) is 82.4 cm³/mol. The van der Waals surface area contributed by atoms with E-state index < -0.39 is 0 Å². The summed E-state index contributed by atoms with van der Waals surface area (Å²) in [5.41, 5.74) is 3.25. The first-order valence-corrected chi connectivity index (χ1v) is 6.99. The molecule has 0 atom stereocenters. The second kappa shape index (κ2) is 5.10. The minimum absolute atomic E-state index is 0.685. The highest BCUT2D eigenvalue weighted by molar-refractivity contribution is 9.10. The van der Waals surface area contributed by atoms with Crippen LogP contribution < -0.4 is 5.32 Å². The molecule has 96 valence electrons. The lowest BCUT2D eigenvalue weighted by Gasteiger charge is -2.06. The van der Waals surface area contributed by atoms with Crippen LogP contribution in [0, 0.1) is 6.92 Å². The van der Waals surface area contributed by atoms with Crippen molar-refractivity contribution in [3.63, 3.8) is 0 Å². The topological polar surface area (TPSA) is 25.2 Å². The number of para-hydroxylation sites is 1. The highest BCUT2D eigenvalue weighted by Crippen LogP contribution is 2.23. The van der Waals surface area contributed by atoms with Gasteiger partial charge in [0.25, 0.3) is 0 Å². The monoisotopic (exact) mass is 315 g/mol. The molecule has 1 heterocycles. The van der Waals surface area contributed by atoms with Crippen LogP contribution in [0.3, 0.4) is 0 Å². The Morgan fingerprint density at radius 1 is 1.11 bits per heavy atom. The zero-order chi connectivity index (χ0) is 13.2. The fourth-order valence-corrected chi connectivity index (χ4v) is 2.39. The zero-order valence-corrected chi connectivity index (χ0v) is 12.2. The summed E-state index contributed by atoms with van der Waals surface area (Å²) in [5, 5.41) is 4.51. The number of nitrogens with one attached hydrogen (secondary N) is 1. The summed E-state index contributed by atoms with van der Waals surface area (Å²) < 4.78 is 6.88. The Hall–Kier alpha value is -1.74. The molecule has 0 saturated carbocycles. The van der Waals surface area contributed by atoms with Gasteiger partial charge in [-0.1, -0.05) is 40.2 Å². The lowest BCUT2D eigenvalue weighted by atomic mass is 10.2. The van der Waals surface area contributed by atoms with E-state index in [9.17, 15) is 0 Å². The van der Waals surface area contributed by atoms with Crippen molar-refractivity contribution in [2.75, 3.05) is 5.32 Å². The number of benzene rings is 2. The van der Waals surface area contributed by atoms with Crippen molar-refractivity contribution < 1.29 is 4.42 Å². The van der Waals surface area contributed by atoms with Crippen LogP contribution in [0.4, 0.5) is 5.69 Å². The number of rotatable bonds is 3. The van der Waals surface area contributed by atoms with E-state index in [0.29, 0.717) is 6.54 Å². The Balaban J connectivity index is 1.76. The molecular formula is C16H14BrNO. The predicted octanol–water partition coefficient (Wildman–Crippen LogP) is 5.12. The molecule has 0 radical (unpaired) electrons. The first-order chi connectivity index (χ1) is 9.22. The van der Waals surface area contributed by atoms with Crippen molar-refractivity contribution in [1.82, 2.24) is 0 Å². The largest absolute Gasteiger partial charge is 0.459 e. The van der Waals surface area contributed by atoms with Crippen LogP contribution in [0.5, 0.6) is 0 Å². The summed E-state index contributed by atoms with van der Waals surface area (Å²) >= 11 is 3.54. The Morgan fingerprint density at radius 3 is 2.74 bits per heavy atom. The maximum atomic E-state index is 5.77. The van der Waals surface area contributed by atoms with Gasteiger partial charge in [-0.15, -0.1) is 0 Å². The van der Waals surface area contributed by atoms with E-state index in [1.807, 2.05) is 18.2 Å². The Labute approximate surface area is 120 Å². The molecule has 3 heteroatoms. The summed E-state index contributed by atoms with van der Waals surface area (Å²) in [6, 6.07) is 16.4. The second-order valence-electron chi connectivity index (χ2n) is 4.57. The quantitative estimate of drug-likeness (QED) is 0.726. The first-order valence-electron chi connectivity index (χ1n) is 6.20. The van der Waals surface area contributed by atoms with Gasteiger partial charge < -0.3 is 9.73 Å². The first kappa shape index (κ1) is 12.3. The molecule has 3 rings (SSSR count). The number of halogens is 1. The molecule has 2 nitrogen and oxygen atoms in total. The van der Waals surface area contributed by atoms with E-state index >= 15 is 0 Å². The third kappa shape index (κ3) is 2.66. The summed E-state index contributed by atoms with van der Waals surface area (Å²) in [6.07, 6.45) is 0. The number of hydrogen-bond donors (Lipinski definition) is 1. The van der Waals surface area contributed by atoms with Crippen LogP contribution in [-0.2, 0) is 6.54 Å². The molecule has 1 N–H and O–H groups in total. The van der Waals surface area contributed by atoms with Crippen LogP contribution >= 0.6 is 15.9 Å². The van der Waals surface area contributed by atoms with E-state index in [1.165, 1.54) is 5.56 Å². The van der Waals surface area contributed by atoms with Crippen molar-refractivity contribution in [2.24, 2.45) is 0 Å². The summed E-state index contributed by atoms with van der Waals surface area (Å²) in [4.78, 5) is 0. The molecule has 1 aromatic heterocycles. The van der Waals surface area contributed by atoms with Crippen molar-refractivity contribution >= 4 is 32.6 Å². The standard InChI is InChI=1S/C16H14BrNO/c1-11-6-7-13(9-15(11)17)18-10-14-8-12-4-2-3-5-16(12)19-14/h2-9,18H,10H2,1H3. The Morgan fingerprint density at radius 2 is 1.95 bits per heavy atom. The molecule has 0 aliphatic rings. The molecule has 0 aliphatic heterocycles. The van der Waals surface area contributed by atoms with Crippen LogP contribution in [-0.4, -0.2) is 0 Å². The van der Waals surface area contributed by atoms with Crippen LogP contribution in [0.1, 0.15) is 11.3 Å². The van der Waals surface area contributed by atoms with Crippen LogP contribution in [0.2, 0.25) is 0 Å². The summed E-state index contributed by atoms with van der Waals surface area (Å²) in [5.74, 6) is 0.942. The Kier molecular flexibility index (Phi) is 3.30. The van der Waals surface area contributed by atoms with Gasteiger partial charge in [0.05, 0.1) is 6.54 Å². The molecule has 0 bridgehead atoms. The average Bonchev–Trinajstić information content (AvgIpc) is 2.83. The van der Waals surface area contributed by atoms with Crippen molar-refractivity contribution in [3.8, 4) is 0 Å². The second-order valence-corrected chi connectivity index (χ2v) is 5.42. The molecule has 0 unspecified atom stereocenters. The molecule has 0 aliphatic carbocycles. The van der Waals surface area contributed by atoms with Gasteiger partial charge in [-0.25, -0.2) is 0 Å². The minimum Gasteiger partial charge on any atom is -0.459 e. The fraction of sp³-hybridized carbons (Fsp3) is 0.125. The Bertz CT molecular complexity index is 685. The van der Waals surface area contributed by atoms with Gasteiger partial charge in [-0.05, 0) is 36.8 Å². The smallest absolute Gasteiger partial charge is 0.134 e. The van der Waals surface area contributed by atoms with Crippen LogP contribution in [0.15, 0.2) is 57.4 Å². The molecule has 0 amide bonds. The highest BCUT2D eigenvalue weighted by Gasteiger charge is 2.03. The minimum atomic E-state index is 0.685. The number of fused-ring (bicyclic) bond motifs is 1. The summed E-state index contributed by atoms with van der Waals surface area (Å²) in [6.45, 7) is 2.76. The molecular weight excluding hydrogens is 302 g/mol. The maximum Gasteiger partial charge on any atom is 0.134 e. The maximum absolute atomic E-state index is 5.77. The number of aryl methyl sites for hydroxylation is 1. The van der Waals surface area contributed by atoms with E-state index in [-0.39, 0.29) is 0 Å². The third-order valence-corrected chi connectivity index (χ3v) is 3.97. The van der Waals surface area contributed by atoms with Crippen molar-refractivity contribution in [1.29, 1.82) is 0 Å². The van der Waals surface area contributed by atoms with Gasteiger partial charge in [-0.3, -0.25) is 0 Å². The fourth-order valence-electron chi connectivity index (χ4n) is 2.02. The SMILES string of the molecule is Cc1ccc(NCc2cc3ccccc3o2)cc1Br. The van der Waals surface area contributed by atoms with E-state index in [2.05, 4.69) is 58.5 Å². The summed E-state index contributed by atoms with van der Waals surface area (Å²) in [7, 11) is 0.